The van der Waals surface area contributed by atoms with E-state index in [1.807, 2.05) is 0 Å². The lowest BCUT2D eigenvalue weighted by molar-refractivity contribution is -0.167. The number of furan rings is 1. The van der Waals surface area contributed by atoms with Gasteiger partial charge in [-0.3, -0.25) is 5.84 Å². The largest absolute Gasteiger partial charge is 0.468 e. The van der Waals surface area contributed by atoms with Gasteiger partial charge in [-0.1, -0.05) is 0 Å². The number of nitrogens with two attached hydrogens (primary N) is 1. The number of hydrazine groups is 1. The summed E-state index contributed by atoms with van der Waals surface area (Å²) in [5.41, 5.74) is 2.27. The highest BCUT2D eigenvalue weighted by molar-refractivity contribution is 5.03. The standard InChI is InChI=1S/C9H12F4N2O2/c10-8(11)9(12,13)5-16-4-6(15-14)7-2-1-3-17-7/h1-3,6,8,15H,4-5,14H2. The van der Waals surface area contributed by atoms with E-state index in [9.17, 15) is 17.6 Å². The normalized spacial score (nSPS) is 14.2. The van der Waals surface area contributed by atoms with Crippen molar-refractivity contribution in [3.8, 4) is 0 Å². The topological polar surface area (TPSA) is 60.4 Å². The monoisotopic (exact) mass is 256 g/mol. The van der Waals surface area contributed by atoms with Crippen molar-refractivity contribution in [2.24, 2.45) is 5.84 Å². The first kappa shape index (κ1) is 13.9. The number of ether oxygens (including phenoxy) is 1. The van der Waals surface area contributed by atoms with Crippen LogP contribution in [-0.2, 0) is 4.74 Å². The summed E-state index contributed by atoms with van der Waals surface area (Å²) in [4.78, 5) is 0. The van der Waals surface area contributed by atoms with Crippen LogP contribution in [0.25, 0.3) is 0 Å². The van der Waals surface area contributed by atoms with Crippen LogP contribution in [0.4, 0.5) is 17.6 Å². The van der Waals surface area contributed by atoms with E-state index in [2.05, 4.69) is 10.2 Å². The second-order valence-electron chi connectivity index (χ2n) is 3.31. The molecule has 1 rings (SSSR count). The van der Waals surface area contributed by atoms with Crippen LogP contribution in [-0.4, -0.2) is 25.6 Å². The van der Waals surface area contributed by atoms with E-state index in [-0.39, 0.29) is 6.61 Å². The minimum absolute atomic E-state index is 0.299. The van der Waals surface area contributed by atoms with Gasteiger partial charge in [0.2, 0.25) is 0 Å². The summed E-state index contributed by atoms with van der Waals surface area (Å²) in [5, 5.41) is 0. The Hall–Kier alpha value is -1.12. The molecule has 1 atom stereocenters. The molecule has 3 N–H and O–H groups in total. The van der Waals surface area contributed by atoms with Gasteiger partial charge < -0.3 is 9.15 Å². The van der Waals surface area contributed by atoms with Gasteiger partial charge in [-0.15, -0.1) is 0 Å². The second-order valence-corrected chi connectivity index (χ2v) is 3.31. The van der Waals surface area contributed by atoms with Crippen LogP contribution in [0, 0.1) is 0 Å². The molecule has 0 aliphatic carbocycles. The summed E-state index contributed by atoms with van der Waals surface area (Å²) in [6.07, 6.45) is -2.39. The first-order chi connectivity index (χ1) is 7.97. The Labute approximate surface area is 94.7 Å². The highest BCUT2D eigenvalue weighted by Gasteiger charge is 2.41. The first-order valence-corrected chi connectivity index (χ1v) is 4.70. The average Bonchev–Trinajstić information content (AvgIpc) is 2.77. The summed E-state index contributed by atoms with van der Waals surface area (Å²) in [5.74, 6) is 1.35. The molecular weight excluding hydrogens is 244 g/mol. The highest BCUT2D eigenvalue weighted by atomic mass is 19.3. The van der Waals surface area contributed by atoms with Crippen molar-refractivity contribution >= 4 is 0 Å². The molecule has 0 aromatic carbocycles. The molecule has 98 valence electrons. The number of rotatable bonds is 7. The maximum Gasteiger partial charge on any atom is 0.330 e. The highest BCUT2D eigenvalue weighted by Crippen LogP contribution is 2.23. The maximum atomic E-state index is 12.5. The Balaban J connectivity index is 2.40. The van der Waals surface area contributed by atoms with E-state index >= 15 is 0 Å². The third-order valence-corrected chi connectivity index (χ3v) is 1.99. The summed E-state index contributed by atoms with van der Waals surface area (Å²) < 4.78 is 58.1. The quantitative estimate of drug-likeness (QED) is 0.443. The molecule has 0 saturated heterocycles. The van der Waals surface area contributed by atoms with E-state index in [0.717, 1.165) is 0 Å². The molecule has 1 aromatic heterocycles. The van der Waals surface area contributed by atoms with E-state index in [1.54, 1.807) is 12.1 Å². The van der Waals surface area contributed by atoms with E-state index in [0.29, 0.717) is 5.76 Å². The number of hydrogen-bond acceptors (Lipinski definition) is 4. The lowest BCUT2D eigenvalue weighted by Crippen LogP contribution is -2.36. The van der Waals surface area contributed by atoms with Gasteiger partial charge in [0.25, 0.3) is 0 Å². The molecule has 17 heavy (non-hydrogen) atoms. The number of hydrogen-bond donors (Lipinski definition) is 2. The molecule has 0 bridgehead atoms. The Kier molecular flexibility index (Phi) is 4.91. The predicted octanol–water partition coefficient (Wildman–Crippen LogP) is 1.70. The van der Waals surface area contributed by atoms with Crippen LogP contribution in [0.2, 0.25) is 0 Å². The second kappa shape index (κ2) is 5.99. The zero-order valence-corrected chi connectivity index (χ0v) is 8.71. The molecule has 0 fully saturated rings. The Morgan fingerprint density at radius 3 is 2.65 bits per heavy atom. The molecule has 0 radical (unpaired) electrons. The lowest BCUT2D eigenvalue weighted by atomic mass is 10.2. The molecule has 4 nitrogen and oxygen atoms in total. The van der Waals surface area contributed by atoms with Gasteiger partial charge in [0.15, 0.2) is 0 Å². The molecule has 8 heteroatoms. The molecular formula is C9H12F4N2O2. The fourth-order valence-electron chi connectivity index (χ4n) is 1.08. The van der Waals surface area contributed by atoms with Crippen molar-refractivity contribution in [3.63, 3.8) is 0 Å². The maximum absolute atomic E-state index is 12.5. The number of alkyl halides is 4. The van der Waals surface area contributed by atoms with Gasteiger partial charge in [0.05, 0.1) is 12.9 Å². The zero-order chi connectivity index (χ0) is 12.9. The molecule has 1 heterocycles. The summed E-state index contributed by atoms with van der Waals surface area (Å²) in [7, 11) is 0. The molecule has 1 unspecified atom stereocenters. The zero-order valence-electron chi connectivity index (χ0n) is 8.71. The van der Waals surface area contributed by atoms with Crippen molar-refractivity contribution in [1.82, 2.24) is 5.43 Å². The average molecular weight is 256 g/mol. The van der Waals surface area contributed by atoms with Crippen molar-refractivity contribution < 1.29 is 26.7 Å². The Morgan fingerprint density at radius 1 is 1.47 bits per heavy atom. The molecule has 0 aliphatic heterocycles. The SMILES string of the molecule is NNC(COCC(F)(F)C(F)F)c1ccco1. The number of halogens is 4. The van der Waals surface area contributed by atoms with Gasteiger partial charge in [-0.2, -0.15) is 8.78 Å². The minimum atomic E-state index is -4.16. The van der Waals surface area contributed by atoms with E-state index in [1.165, 1.54) is 6.26 Å². The molecule has 0 aliphatic rings. The molecule has 0 spiro atoms. The van der Waals surface area contributed by atoms with Crippen molar-refractivity contribution in [3.05, 3.63) is 24.2 Å². The summed E-state index contributed by atoms with van der Waals surface area (Å²) in [6, 6.07) is 2.46. The van der Waals surface area contributed by atoms with Gasteiger partial charge in [0, 0.05) is 0 Å². The van der Waals surface area contributed by atoms with E-state index < -0.39 is 25.0 Å². The Morgan fingerprint density at radius 2 is 2.18 bits per heavy atom. The predicted molar refractivity (Wildman–Crippen MR) is 50.5 cm³/mol. The van der Waals surface area contributed by atoms with Gasteiger partial charge in [-0.25, -0.2) is 14.2 Å². The minimum Gasteiger partial charge on any atom is -0.468 e. The van der Waals surface area contributed by atoms with Crippen LogP contribution >= 0.6 is 0 Å². The molecule has 0 saturated carbocycles. The van der Waals surface area contributed by atoms with Crippen LogP contribution in [0.1, 0.15) is 11.8 Å². The van der Waals surface area contributed by atoms with Crippen molar-refractivity contribution in [2.45, 2.75) is 18.4 Å². The van der Waals surface area contributed by atoms with Crippen LogP contribution in [0.5, 0.6) is 0 Å². The number of nitrogens with one attached hydrogen (secondary N) is 1. The van der Waals surface area contributed by atoms with Gasteiger partial charge in [0.1, 0.15) is 18.4 Å². The fourth-order valence-corrected chi connectivity index (χ4v) is 1.08. The van der Waals surface area contributed by atoms with Crippen LogP contribution in [0.3, 0.4) is 0 Å². The molecule has 0 amide bonds. The summed E-state index contributed by atoms with van der Waals surface area (Å²) >= 11 is 0. The summed E-state index contributed by atoms with van der Waals surface area (Å²) in [6.45, 7) is -1.67. The third-order valence-electron chi connectivity index (χ3n) is 1.99. The smallest absolute Gasteiger partial charge is 0.330 e. The van der Waals surface area contributed by atoms with Gasteiger partial charge >= 0.3 is 12.3 Å². The van der Waals surface area contributed by atoms with E-state index in [4.69, 9.17) is 10.3 Å². The third kappa shape index (κ3) is 3.99. The Bertz CT molecular complexity index is 319. The first-order valence-electron chi connectivity index (χ1n) is 4.70. The fraction of sp³-hybridized carbons (Fsp3) is 0.556. The van der Waals surface area contributed by atoms with Crippen molar-refractivity contribution in [1.29, 1.82) is 0 Å². The lowest BCUT2D eigenvalue weighted by Gasteiger charge is -2.18. The van der Waals surface area contributed by atoms with Crippen LogP contribution < -0.4 is 11.3 Å². The van der Waals surface area contributed by atoms with Crippen LogP contribution in [0.15, 0.2) is 22.8 Å². The van der Waals surface area contributed by atoms with Gasteiger partial charge in [-0.05, 0) is 12.1 Å². The van der Waals surface area contributed by atoms with Crippen molar-refractivity contribution in [2.75, 3.05) is 13.2 Å². The molecule has 1 aromatic rings.